The Morgan fingerprint density at radius 2 is 2.39 bits per heavy atom. The van der Waals surface area contributed by atoms with Crippen LogP contribution < -0.4 is 11.3 Å². The molecule has 0 aromatic carbocycles. The van der Waals surface area contributed by atoms with Crippen molar-refractivity contribution >= 4 is 37.4 Å². The highest BCUT2D eigenvalue weighted by Crippen LogP contribution is 2.38. The number of nitrogens with zero attached hydrogens (tertiary/aromatic N) is 3. The summed E-state index contributed by atoms with van der Waals surface area (Å²) in [5, 5.41) is 9.50. The maximum Gasteiger partial charge on any atom is 0.280 e. The van der Waals surface area contributed by atoms with Gasteiger partial charge >= 0.3 is 0 Å². The van der Waals surface area contributed by atoms with Gasteiger partial charge in [-0.2, -0.15) is 4.98 Å². The lowest BCUT2D eigenvalue weighted by molar-refractivity contribution is -0.0583. The molecule has 0 aliphatic carbocycles. The Hall–Kier alpha value is -1.23. The fourth-order valence-corrected chi connectivity index (χ4v) is 3.43. The molecule has 0 bridgehead atoms. The van der Waals surface area contributed by atoms with Crippen LogP contribution in [0.15, 0.2) is 11.1 Å². The van der Waals surface area contributed by atoms with Gasteiger partial charge in [0, 0.05) is 7.11 Å². The highest BCUT2D eigenvalue weighted by atomic mass is 32.7. The van der Waals surface area contributed by atoms with E-state index in [1.165, 1.54) is 13.4 Å². The molecule has 3 rings (SSSR count). The first-order valence-corrected chi connectivity index (χ1v) is 8.86. The normalized spacial score (nSPS) is 28.3. The van der Waals surface area contributed by atoms with E-state index >= 15 is 0 Å². The number of nitrogens with one attached hydrogen (secondary N) is 1. The third-order valence-corrected chi connectivity index (χ3v) is 4.35. The molecule has 10 nitrogen and oxygen atoms in total. The molecular weight excluding hydrogens is 345 g/mol. The smallest absolute Gasteiger partial charge is 0.280 e. The highest BCUT2D eigenvalue weighted by Gasteiger charge is 2.47. The average molecular weight is 361 g/mol. The van der Waals surface area contributed by atoms with E-state index in [0.717, 1.165) is 0 Å². The molecule has 1 fully saturated rings. The van der Waals surface area contributed by atoms with Crippen molar-refractivity contribution in [3.63, 3.8) is 0 Å². The number of aliphatic hydroxyl groups excluding tert-OH is 1. The van der Waals surface area contributed by atoms with Gasteiger partial charge in [0.25, 0.3) is 5.56 Å². The summed E-state index contributed by atoms with van der Waals surface area (Å²) in [7, 11) is 1.42. The van der Waals surface area contributed by atoms with Crippen molar-refractivity contribution in [3.8, 4) is 0 Å². The molecule has 23 heavy (non-hydrogen) atoms. The molecule has 0 radical (unpaired) electrons. The lowest BCUT2D eigenvalue weighted by atomic mass is 10.1. The molecule has 5 atom stereocenters. The lowest BCUT2D eigenvalue weighted by Crippen LogP contribution is -2.35. The van der Waals surface area contributed by atoms with E-state index < -0.39 is 30.1 Å². The van der Waals surface area contributed by atoms with Gasteiger partial charge < -0.3 is 24.8 Å². The number of methoxy groups -OCH3 is 1. The van der Waals surface area contributed by atoms with Crippen LogP contribution in [0.25, 0.3) is 11.2 Å². The number of nitrogen functional groups attached to an aromatic ring is 1. The number of ether oxygens (including phenoxy) is 2. The second kappa shape index (κ2) is 6.71. The highest BCUT2D eigenvalue weighted by molar-refractivity contribution is 8.36. The monoisotopic (exact) mass is 361 g/mol. The molecule has 4 N–H and O–H groups in total. The minimum Gasteiger partial charge on any atom is -0.394 e. The van der Waals surface area contributed by atoms with E-state index in [-0.39, 0.29) is 31.7 Å². The minimum atomic E-state index is -0.675. The first kappa shape index (κ1) is 16.6. The summed E-state index contributed by atoms with van der Waals surface area (Å²) in [5.41, 5.74) is 5.56. The van der Waals surface area contributed by atoms with E-state index in [2.05, 4.69) is 27.2 Å². The maximum absolute atomic E-state index is 11.9. The van der Waals surface area contributed by atoms with Crippen LogP contribution in [0.3, 0.4) is 0 Å². The number of rotatable bonds is 5. The van der Waals surface area contributed by atoms with Gasteiger partial charge in [0.1, 0.15) is 18.3 Å². The fraction of sp³-hybridized carbons (Fsp3) is 0.545. The number of H-pyrrole nitrogens is 1. The van der Waals surface area contributed by atoms with Crippen LogP contribution in [-0.4, -0.2) is 56.7 Å². The van der Waals surface area contributed by atoms with E-state index in [1.54, 1.807) is 4.57 Å². The van der Waals surface area contributed by atoms with Crippen molar-refractivity contribution in [3.05, 3.63) is 16.7 Å². The molecule has 2 aromatic heterocycles. The standard InChI is InChI=1S/C11H16N5O5PS/c1-19-7-6(21-22-23)4(2-17)20-10(7)16-3-13-5-8(16)14-11(12)15-9(5)18/h3-4,6-7,10,17,22-23H,2H2,1H3,(H3,12,14,15,18). The summed E-state index contributed by atoms with van der Waals surface area (Å²) >= 11 is 4.06. The number of thiol groups is 1. The largest absolute Gasteiger partial charge is 0.394 e. The second-order valence-corrected chi connectivity index (χ2v) is 5.86. The van der Waals surface area contributed by atoms with Gasteiger partial charge in [0.15, 0.2) is 17.4 Å². The summed E-state index contributed by atoms with van der Waals surface area (Å²) in [6.45, 7) is -0.248. The number of fused-ring (bicyclic) bond motifs is 1. The molecule has 12 heteroatoms. The van der Waals surface area contributed by atoms with Crippen molar-refractivity contribution in [2.24, 2.45) is 0 Å². The van der Waals surface area contributed by atoms with Crippen molar-refractivity contribution in [2.75, 3.05) is 19.5 Å². The predicted molar refractivity (Wildman–Crippen MR) is 86.5 cm³/mol. The molecule has 0 amide bonds. The zero-order chi connectivity index (χ0) is 16.6. The van der Waals surface area contributed by atoms with Gasteiger partial charge in [-0.3, -0.25) is 14.3 Å². The number of anilines is 1. The van der Waals surface area contributed by atoms with Gasteiger partial charge in [0.2, 0.25) is 5.95 Å². The zero-order valence-electron chi connectivity index (χ0n) is 12.0. The average Bonchev–Trinajstić information content (AvgIpc) is 3.08. The van der Waals surface area contributed by atoms with E-state index in [4.69, 9.17) is 19.7 Å². The summed E-state index contributed by atoms with van der Waals surface area (Å²) in [4.78, 5) is 22.4. The molecule has 3 heterocycles. The van der Waals surface area contributed by atoms with E-state index in [0.29, 0.717) is 0 Å². The second-order valence-electron chi connectivity index (χ2n) is 4.90. The molecule has 0 saturated carbocycles. The number of hydrogen-bond donors (Lipinski definition) is 4. The molecule has 2 aromatic rings. The Morgan fingerprint density at radius 1 is 1.61 bits per heavy atom. The van der Waals surface area contributed by atoms with Gasteiger partial charge in [-0.25, -0.2) is 4.98 Å². The van der Waals surface area contributed by atoms with Crippen LogP contribution >= 0.6 is 20.3 Å². The van der Waals surface area contributed by atoms with Crippen molar-refractivity contribution in [1.82, 2.24) is 19.5 Å². The first-order chi connectivity index (χ1) is 11.1. The first-order valence-electron chi connectivity index (χ1n) is 6.67. The Morgan fingerprint density at radius 3 is 3.04 bits per heavy atom. The van der Waals surface area contributed by atoms with Crippen molar-refractivity contribution < 1.29 is 19.1 Å². The van der Waals surface area contributed by atoms with Gasteiger partial charge in [-0.1, -0.05) is 0 Å². The third-order valence-electron chi connectivity index (χ3n) is 3.65. The third kappa shape index (κ3) is 2.84. The summed E-state index contributed by atoms with van der Waals surface area (Å²) in [6, 6.07) is 0. The van der Waals surface area contributed by atoms with Crippen LogP contribution in [0.1, 0.15) is 6.23 Å². The summed E-state index contributed by atoms with van der Waals surface area (Å²) in [6.07, 6.45) is -0.899. The fourth-order valence-electron chi connectivity index (χ4n) is 2.66. The number of aromatic amines is 1. The predicted octanol–water partition coefficient (Wildman–Crippen LogP) is -0.570. The number of nitrogens with two attached hydrogens (primary N) is 1. The van der Waals surface area contributed by atoms with Crippen LogP contribution in [0.4, 0.5) is 5.95 Å². The molecule has 5 unspecified atom stereocenters. The van der Waals surface area contributed by atoms with Gasteiger partial charge in [-0.15, -0.1) is 12.2 Å². The van der Waals surface area contributed by atoms with Crippen LogP contribution in [0.5, 0.6) is 0 Å². The molecule has 1 aliphatic rings. The zero-order valence-corrected chi connectivity index (χ0v) is 13.9. The molecule has 1 saturated heterocycles. The molecule has 1 aliphatic heterocycles. The summed E-state index contributed by atoms with van der Waals surface area (Å²) < 4.78 is 18.4. The topological polar surface area (TPSA) is 138 Å². The molecular formula is C11H16N5O5PS. The number of imidazole rings is 1. The maximum atomic E-state index is 11.9. The van der Waals surface area contributed by atoms with Gasteiger partial charge in [-0.05, 0) is 0 Å². The Labute approximate surface area is 137 Å². The van der Waals surface area contributed by atoms with Gasteiger partial charge in [0.05, 0.1) is 20.9 Å². The van der Waals surface area contributed by atoms with Crippen LogP contribution in [0, 0.1) is 0 Å². The number of aromatic nitrogens is 4. The minimum absolute atomic E-state index is 0.0282. The van der Waals surface area contributed by atoms with E-state index in [1.807, 2.05) is 0 Å². The Balaban J connectivity index is 2.05. The summed E-state index contributed by atoms with van der Waals surface area (Å²) in [5.74, 6) is -0.0282. The quantitative estimate of drug-likeness (QED) is 0.410. The molecule has 126 valence electrons. The lowest BCUT2D eigenvalue weighted by Gasteiger charge is -2.22. The van der Waals surface area contributed by atoms with Crippen molar-refractivity contribution in [1.29, 1.82) is 0 Å². The van der Waals surface area contributed by atoms with Crippen LogP contribution in [-0.2, 0) is 14.0 Å². The SMILES string of the molecule is COC1C(OPS)C(CO)OC1n1cnc2c(=O)[nH]c(N)nc21. The Bertz CT molecular complexity index is 754. The van der Waals surface area contributed by atoms with Crippen molar-refractivity contribution in [2.45, 2.75) is 24.5 Å². The Kier molecular flexibility index (Phi) is 4.85. The number of hydrogen-bond acceptors (Lipinski definition) is 9. The van der Waals surface area contributed by atoms with E-state index in [9.17, 15) is 9.90 Å². The molecule has 0 spiro atoms. The van der Waals surface area contributed by atoms with Crippen LogP contribution in [0.2, 0.25) is 0 Å². The number of aliphatic hydroxyl groups is 1.